The zero-order valence-electron chi connectivity index (χ0n) is 19.4. The lowest BCUT2D eigenvalue weighted by Gasteiger charge is -2.15. The maximum absolute atomic E-state index is 11.0. The van der Waals surface area contributed by atoms with Crippen LogP contribution in [0.3, 0.4) is 0 Å². The molecular formula is C26H35NO5. The van der Waals surface area contributed by atoms with E-state index in [4.69, 9.17) is 18.9 Å². The number of carbonyl (C=O) groups is 1. The van der Waals surface area contributed by atoms with Crippen molar-refractivity contribution in [1.82, 2.24) is 0 Å². The van der Waals surface area contributed by atoms with E-state index in [0.29, 0.717) is 13.2 Å². The Morgan fingerprint density at radius 2 is 1.44 bits per heavy atom. The fourth-order valence-electron chi connectivity index (χ4n) is 3.11. The van der Waals surface area contributed by atoms with Gasteiger partial charge in [0, 0.05) is 18.8 Å². The number of ether oxygens (including phenoxy) is 4. The van der Waals surface area contributed by atoms with Crippen LogP contribution in [-0.2, 0) is 9.53 Å². The molecule has 0 saturated carbocycles. The number of carbonyl (C=O) groups excluding carboxylic acids is 1. The maximum Gasteiger partial charge on any atom is 0.330 e. The predicted molar refractivity (Wildman–Crippen MR) is 128 cm³/mol. The summed E-state index contributed by atoms with van der Waals surface area (Å²) in [5.74, 6) is 2.08. The van der Waals surface area contributed by atoms with Crippen molar-refractivity contribution in [3.8, 4) is 17.2 Å². The largest absolute Gasteiger partial charge is 0.493 e. The second kappa shape index (κ2) is 14.0. The molecule has 0 aromatic heterocycles. The van der Waals surface area contributed by atoms with Gasteiger partial charge < -0.3 is 24.3 Å². The highest BCUT2D eigenvalue weighted by atomic mass is 16.7. The van der Waals surface area contributed by atoms with Gasteiger partial charge >= 0.3 is 5.97 Å². The maximum atomic E-state index is 11.0. The summed E-state index contributed by atoms with van der Waals surface area (Å²) < 4.78 is 22.4. The zero-order valence-corrected chi connectivity index (χ0v) is 19.4. The van der Waals surface area contributed by atoms with Gasteiger partial charge in [-0.2, -0.15) is 0 Å². The molecule has 0 aliphatic rings. The fourth-order valence-corrected chi connectivity index (χ4v) is 3.11. The number of rotatable bonds is 15. The predicted octanol–water partition coefficient (Wildman–Crippen LogP) is 5.82. The van der Waals surface area contributed by atoms with E-state index in [2.05, 4.69) is 11.9 Å². The van der Waals surface area contributed by atoms with Crippen molar-refractivity contribution >= 4 is 11.7 Å². The minimum atomic E-state index is -0.354. The number of esters is 1. The molecule has 0 spiro atoms. The van der Waals surface area contributed by atoms with E-state index >= 15 is 0 Å². The van der Waals surface area contributed by atoms with Crippen molar-refractivity contribution in [3.05, 3.63) is 60.2 Å². The number of unbranched alkanes of at least 4 members (excludes halogenated alkanes) is 4. The van der Waals surface area contributed by atoms with Gasteiger partial charge in [0.1, 0.15) is 17.2 Å². The first kappa shape index (κ1) is 25.1. The van der Waals surface area contributed by atoms with E-state index in [9.17, 15) is 4.79 Å². The van der Waals surface area contributed by atoms with Crippen LogP contribution in [0, 0.1) is 13.8 Å². The lowest BCUT2D eigenvalue weighted by atomic mass is 10.1. The van der Waals surface area contributed by atoms with Gasteiger partial charge in [-0.3, -0.25) is 0 Å². The molecule has 0 radical (unpaired) electrons. The zero-order chi connectivity index (χ0) is 23.2. The second-order valence-electron chi connectivity index (χ2n) is 7.48. The van der Waals surface area contributed by atoms with Crippen molar-refractivity contribution in [1.29, 1.82) is 0 Å². The Balaban J connectivity index is 1.66. The summed E-state index contributed by atoms with van der Waals surface area (Å²) in [6, 6.07) is 11.6. The van der Waals surface area contributed by atoms with Crippen molar-refractivity contribution in [2.24, 2.45) is 0 Å². The first-order chi connectivity index (χ1) is 15.5. The number of hydrogen-bond donors (Lipinski definition) is 1. The average molecular weight is 442 g/mol. The van der Waals surface area contributed by atoms with Crippen LogP contribution in [0.1, 0.15) is 43.2 Å². The Bertz CT molecular complexity index is 848. The normalized spacial score (nSPS) is 10.3. The van der Waals surface area contributed by atoms with Crippen LogP contribution in [0.2, 0.25) is 0 Å². The molecule has 6 nitrogen and oxygen atoms in total. The highest BCUT2D eigenvalue weighted by Gasteiger charge is 2.09. The molecule has 0 amide bonds. The first-order valence-electron chi connectivity index (χ1n) is 11.1. The molecule has 0 saturated heterocycles. The molecule has 174 valence electrons. The Labute approximate surface area is 191 Å². The third-order valence-corrected chi connectivity index (χ3v) is 5.23. The number of nitrogens with one attached hydrogen (secondary N) is 1. The third-order valence-electron chi connectivity index (χ3n) is 5.23. The molecule has 0 aliphatic heterocycles. The summed E-state index contributed by atoms with van der Waals surface area (Å²) >= 11 is 0. The molecule has 0 fully saturated rings. The van der Waals surface area contributed by atoms with E-state index in [-0.39, 0.29) is 12.8 Å². The Morgan fingerprint density at radius 1 is 0.844 bits per heavy atom. The second-order valence-corrected chi connectivity index (χ2v) is 7.48. The summed E-state index contributed by atoms with van der Waals surface area (Å²) in [5, 5.41) is 3.08. The van der Waals surface area contributed by atoms with E-state index in [1.54, 1.807) is 0 Å². The van der Waals surface area contributed by atoms with Crippen LogP contribution >= 0.6 is 0 Å². The molecular weight excluding hydrogens is 406 g/mol. The first-order valence-corrected chi connectivity index (χ1v) is 11.1. The summed E-state index contributed by atoms with van der Waals surface area (Å²) in [4.78, 5) is 11.0. The van der Waals surface area contributed by atoms with E-state index in [1.165, 1.54) is 6.08 Å². The van der Waals surface area contributed by atoms with Gasteiger partial charge in [0.15, 0.2) is 0 Å². The third kappa shape index (κ3) is 8.53. The summed E-state index contributed by atoms with van der Waals surface area (Å²) in [6.07, 6.45) is 6.28. The molecule has 2 aromatic carbocycles. The monoisotopic (exact) mass is 441 g/mol. The molecule has 0 unspecified atom stereocenters. The Morgan fingerprint density at radius 3 is 2.06 bits per heavy atom. The number of benzene rings is 2. The number of anilines is 1. The quantitative estimate of drug-likeness (QED) is 0.163. The van der Waals surface area contributed by atoms with Crippen LogP contribution in [-0.4, -0.2) is 33.0 Å². The van der Waals surface area contributed by atoms with Crippen LogP contribution < -0.4 is 19.5 Å². The highest BCUT2D eigenvalue weighted by Crippen LogP contribution is 2.29. The van der Waals surface area contributed by atoms with Gasteiger partial charge in [0.05, 0.1) is 13.2 Å². The van der Waals surface area contributed by atoms with Crippen molar-refractivity contribution in [2.45, 2.75) is 46.0 Å². The highest BCUT2D eigenvalue weighted by molar-refractivity contribution is 5.81. The molecule has 2 aromatic rings. The molecule has 1 N–H and O–H groups in total. The number of hydrogen-bond acceptors (Lipinski definition) is 6. The minimum absolute atomic E-state index is 0.145. The molecule has 32 heavy (non-hydrogen) atoms. The Kier molecular flexibility index (Phi) is 11.0. The van der Waals surface area contributed by atoms with Gasteiger partial charge in [0.25, 0.3) is 0 Å². The fraction of sp³-hybridized carbons (Fsp3) is 0.423. The summed E-state index contributed by atoms with van der Waals surface area (Å²) in [6.45, 7) is 8.73. The molecule has 6 heteroatoms. The SMILES string of the molecule is C=CC(=O)OCCCCCCCOc1ccc(OCOc2ccc(NC)cc2)c(C)c1C. The molecule has 0 heterocycles. The standard InChI is InChI=1S/C26H35NO5/c1-5-26(28)30-18-10-8-6-7-9-17-29-24-15-16-25(21(3)20(24)2)32-19-31-23-13-11-22(27-4)12-14-23/h5,11-16,27H,1,6-10,17-19H2,2-4H3. The summed E-state index contributed by atoms with van der Waals surface area (Å²) in [5.41, 5.74) is 3.16. The molecule has 0 bridgehead atoms. The van der Waals surface area contributed by atoms with E-state index < -0.39 is 0 Å². The van der Waals surface area contributed by atoms with Gasteiger partial charge in [-0.15, -0.1) is 0 Å². The van der Waals surface area contributed by atoms with Crippen molar-refractivity contribution in [3.63, 3.8) is 0 Å². The van der Waals surface area contributed by atoms with Crippen molar-refractivity contribution < 1.29 is 23.7 Å². The van der Waals surface area contributed by atoms with E-state index in [1.807, 2.05) is 57.3 Å². The van der Waals surface area contributed by atoms with Crippen LogP contribution in [0.4, 0.5) is 5.69 Å². The van der Waals surface area contributed by atoms with Crippen LogP contribution in [0.15, 0.2) is 49.1 Å². The lowest BCUT2D eigenvalue weighted by molar-refractivity contribution is -0.137. The van der Waals surface area contributed by atoms with Gasteiger partial charge in [-0.25, -0.2) is 4.79 Å². The minimum Gasteiger partial charge on any atom is -0.493 e. The van der Waals surface area contributed by atoms with Crippen molar-refractivity contribution in [2.75, 3.05) is 32.4 Å². The molecule has 0 atom stereocenters. The Hall–Kier alpha value is -3.15. The van der Waals surface area contributed by atoms with Gasteiger partial charge in [0.2, 0.25) is 6.79 Å². The lowest BCUT2D eigenvalue weighted by Crippen LogP contribution is -2.07. The smallest absolute Gasteiger partial charge is 0.330 e. The van der Waals surface area contributed by atoms with Crippen LogP contribution in [0.25, 0.3) is 0 Å². The topological polar surface area (TPSA) is 66.0 Å². The average Bonchev–Trinajstić information content (AvgIpc) is 2.82. The molecule has 0 aliphatic carbocycles. The van der Waals surface area contributed by atoms with Gasteiger partial charge in [-0.1, -0.05) is 25.8 Å². The van der Waals surface area contributed by atoms with Crippen LogP contribution in [0.5, 0.6) is 17.2 Å². The molecule has 2 rings (SSSR count). The van der Waals surface area contributed by atoms with Gasteiger partial charge in [-0.05, 0) is 74.2 Å². The summed E-state index contributed by atoms with van der Waals surface area (Å²) in [7, 11) is 1.88. The van der Waals surface area contributed by atoms with E-state index in [0.717, 1.165) is 66.2 Å².